The van der Waals surface area contributed by atoms with Gasteiger partial charge in [0.2, 0.25) is 5.91 Å². The third kappa shape index (κ3) is 5.42. The van der Waals surface area contributed by atoms with Crippen molar-refractivity contribution in [3.05, 3.63) is 17.0 Å². The monoisotopic (exact) mass is 395 g/mol. The first-order valence-electron chi connectivity index (χ1n) is 7.87. The number of halogens is 1. The molecule has 0 atom stereocenters. The standard InChI is InChI=1S/C15H25N3O3S2.ClH/c1-15(2,16)14(19)17-9-8-12-6-7-13(22-12)23(20,21)18-10-4-3-5-11-18;/h6-7H,3-5,8-11,16H2,1-2H3,(H,17,19);1H. The fraction of sp³-hybridized carbons (Fsp3) is 0.667. The Balaban J connectivity index is 0.00000288. The van der Waals surface area contributed by atoms with Gasteiger partial charge >= 0.3 is 0 Å². The molecule has 1 aromatic rings. The van der Waals surface area contributed by atoms with Crippen molar-refractivity contribution in [2.45, 2.75) is 49.3 Å². The van der Waals surface area contributed by atoms with Crippen molar-refractivity contribution >= 4 is 39.7 Å². The third-order valence-electron chi connectivity index (χ3n) is 3.79. The number of rotatable bonds is 6. The van der Waals surface area contributed by atoms with Gasteiger partial charge in [-0.2, -0.15) is 4.31 Å². The van der Waals surface area contributed by atoms with E-state index in [2.05, 4.69) is 5.32 Å². The fourth-order valence-electron chi connectivity index (χ4n) is 2.39. The maximum atomic E-state index is 12.6. The molecule has 24 heavy (non-hydrogen) atoms. The van der Waals surface area contributed by atoms with Gasteiger partial charge in [0, 0.05) is 24.5 Å². The predicted molar refractivity (Wildman–Crippen MR) is 99.2 cm³/mol. The van der Waals surface area contributed by atoms with Crippen LogP contribution in [0, 0.1) is 0 Å². The van der Waals surface area contributed by atoms with Gasteiger partial charge < -0.3 is 11.1 Å². The van der Waals surface area contributed by atoms with Gasteiger partial charge in [0.05, 0.1) is 5.54 Å². The second-order valence-electron chi connectivity index (χ2n) is 6.41. The highest BCUT2D eigenvalue weighted by atomic mass is 35.5. The predicted octanol–water partition coefficient (Wildman–Crippen LogP) is 1.74. The minimum atomic E-state index is -3.36. The average Bonchev–Trinajstić information content (AvgIpc) is 2.96. The van der Waals surface area contributed by atoms with Crippen LogP contribution in [0.2, 0.25) is 0 Å². The van der Waals surface area contributed by atoms with Crippen LogP contribution in [0.1, 0.15) is 38.0 Å². The van der Waals surface area contributed by atoms with E-state index in [4.69, 9.17) is 5.73 Å². The Bertz CT molecular complexity index is 647. The molecule has 0 radical (unpaired) electrons. The molecule has 0 aromatic carbocycles. The summed E-state index contributed by atoms with van der Waals surface area (Å²) < 4.78 is 27.1. The Morgan fingerprint density at radius 2 is 1.92 bits per heavy atom. The van der Waals surface area contributed by atoms with Gasteiger partial charge in [-0.25, -0.2) is 8.42 Å². The van der Waals surface area contributed by atoms with Crippen LogP contribution >= 0.6 is 23.7 Å². The first kappa shape index (κ1) is 21.4. The van der Waals surface area contributed by atoms with E-state index >= 15 is 0 Å². The van der Waals surface area contributed by atoms with Crippen LogP contribution < -0.4 is 11.1 Å². The van der Waals surface area contributed by atoms with Gasteiger partial charge in [-0.15, -0.1) is 23.7 Å². The number of nitrogens with zero attached hydrogens (tertiary/aromatic N) is 1. The molecule has 1 aliphatic heterocycles. The van der Waals surface area contributed by atoms with Crippen LogP contribution in [0.5, 0.6) is 0 Å². The summed E-state index contributed by atoms with van der Waals surface area (Å²) >= 11 is 1.28. The molecule has 9 heteroatoms. The van der Waals surface area contributed by atoms with E-state index in [0.29, 0.717) is 30.3 Å². The summed E-state index contributed by atoms with van der Waals surface area (Å²) in [6.45, 7) is 4.96. The summed E-state index contributed by atoms with van der Waals surface area (Å²) in [7, 11) is -3.36. The molecule has 0 spiro atoms. The summed E-state index contributed by atoms with van der Waals surface area (Å²) in [5.41, 5.74) is 4.80. The minimum Gasteiger partial charge on any atom is -0.354 e. The molecule has 1 aliphatic rings. The summed E-state index contributed by atoms with van der Waals surface area (Å²) in [6, 6.07) is 3.49. The Hall–Kier alpha value is -0.670. The highest BCUT2D eigenvalue weighted by molar-refractivity contribution is 7.91. The summed E-state index contributed by atoms with van der Waals surface area (Å²) in [6.07, 6.45) is 3.55. The summed E-state index contributed by atoms with van der Waals surface area (Å²) in [4.78, 5) is 12.6. The molecule has 1 fully saturated rings. The molecule has 1 amide bonds. The molecular formula is C15H26ClN3O3S2. The number of carbonyl (C=O) groups excluding carboxylic acids is 1. The molecule has 1 saturated heterocycles. The van der Waals surface area contributed by atoms with Gasteiger partial charge in [-0.1, -0.05) is 6.42 Å². The van der Waals surface area contributed by atoms with Crippen molar-refractivity contribution in [2.24, 2.45) is 5.73 Å². The van der Waals surface area contributed by atoms with E-state index in [1.165, 1.54) is 11.3 Å². The van der Waals surface area contributed by atoms with E-state index in [1.807, 2.05) is 6.07 Å². The largest absolute Gasteiger partial charge is 0.354 e. The molecular weight excluding hydrogens is 370 g/mol. The van der Waals surface area contributed by atoms with E-state index in [-0.39, 0.29) is 18.3 Å². The number of hydrogen-bond acceptors (Lipinski definition) is 5. The van der Waals surface area contributed by atoms with Crippen molar-refractivity contribution in [1.29, 1.82) is 0 Å². The zero-order valence-corrected chi connectivity index (χ0v) is 16.5. The Morgan fingerprint density at radius 1 is 1.29 bits per heavy atom. The molecule has 2 rings (SSSR count). The molecule has 2 heterocycles. The van der Waals surface area contributed by atoms with Gasteiger partial charge in [0.15, 0.2) is 0 Å². The number of nitrogens with two attached hydrogens (primary N) is 1. The van der Waals surface area contributed by atoms with Crippen molar-refractivity contribution in [1.82, 2.24) is 9.62 Å². The van der Waals surface area contributed by atoms with Crippen LogP contribution in [-0.2, 0) is 21.2 Å². The van der Waals surface area contributed by atoms with E-state index in [9.17, 15) is 13.2 Å². The molecule has 0 saturated carbocycles. The molecule has 0 bridgehead atoms. The molecule has 3 N–H and O–H groups in total. The van der Waals surface area contributed by atoms with E-state index < -0.39 is 15.6 Å². The number of sulfonamides is 1. The fourth-order valence-corrected chi connectivity index (χ4v) is 5.42. The van der Waals surface area contributed by atoms with Gasteiger partial charge in [0.25, 0.3) is 10.0 Å². The number of amides is 1. The first-order chi connectivity index (χ1) is 10.7. The lowest BCUT2D eigenvalue weighted by Crippen LogP contribution is -2.49. The highest BCUT2D eigenvalue weighted by Gasteiger charge is 2.27. The first-order valence-corrected chi connectivity index (χ1v) is 10.1. The molecule has 0 unspecified atom stereocenters. The summed E-state index contributed by atoms with van der Waals surface area (Å²) in [5, 5.41) is 2.77. The van der Waals surface area contributed by atoms with Crippen LogP contribution in [0.15, 0.2) is 16.3 Å². The van der Waals surface area contributed by atoms with Crippen LogP contribution in [0.3, 0.4) is 0 Å². The Kier molecular flexibility index (Phi) is 7.68. The zero-order valence-electron chi connectivity index (χ0n) is 14.1. The minimum absolute atomic E-state index is 0. The third-order valence-corrected chi connectivity index (χ3v) is 7.30. The number of carbonyl (C=O) groups is 1. The Labute approximate surface area is 154 Å². The Morgan fingerprint density at radius 3 is 2.50 bits per heavy atom. The van der Waals surface area contributed by atoms with E-state index in [0.717, 1.165) is 24.1 Å². The zero-order chi connectivity index (χ0) is 17.1. The number of nitrogens with one attached hydrogen (secondary N) is 1. The summed E-state index contributed by atoms with van der Waals surface area (Å²) in [5.74, 6) is -0.213. The molecule has 1 aromatic heterocycles. The van der Waals surface area contributed by atoms with Gasteiger partial charge in [-0.05, 0) is 45.2 Å². The SMILES string of the molecule is CC(C)(N)C(=O)NCCc1ccc(S(=O)(=O)N2CCCCC2)s1.Cl. The van der Waals surface area contributed by atoms with Crippen molar-refractivity contribution in [3.63, 3.8) is 0 Å². The topological polar surface area (TPSA) is 92.5 Å². The normalized spacial score (nSPS) is 16.5. The lowest BCUT2D eigenvalue weighted by atomic mass is 10.1. The second kappa shape index (κ2) is 8.62. The maximum absolute atomic E-state index is 12.6. The highest BCUT2D eigenvalue weighted by Crippen LogP contribution is 2.27. The van der Waals surface area contributed by atoms with Crippen molar-refractivity contribution < 1.29 is 13.2 Å². The second-order valence-corrected chi connectivity index (χ2v) is 9.75. The van der Waals surface area contributed by atoms with Crippen molar-refractivity contribution in [3.8, 4) is 0 Å². The lowest BCUT2D eigenvalue weighted by Gasteiger charge is -2.25. The van der Waals surface area contributed by atoms with E-state index in [1.54, 1.807) is 24.2 Å². The maximum Gasteiger partial charge on any atom is 0.252 e. The number of piperidine rings is 1. The van der Waals surface area contributed by atoms with Crippen LogP contribution in [0.4, 0.5) is 0 Å². The average molecular weight is 396 g/mol. The van der Waals surface area contributed by atoms with Gasteiger partial charge in [0.1, 0.15) is 4.21 Å². The van der Waals surface area contributed by atoms with Crippen LogP contribution in [0.25, 0.3) is 0 Å². The molecule has 6 nitrogen and oxygen atoms in total. The van der Waals surface area contributed by atoms with Gasteiger partial charge in [-0.3, -0.25) is 4.79 Å². The molecule has 0 aliphatic carbocycles. The molecule has 138 valence electrons. The number of thiophene rings is 1. The number of hydrogen-bond donors (Lipinski definition) is 2. The van der Waals surface area contributed by atoms with Crippen molar-refractivity contribution in [2.75, 3.05) is 19.6 Å². The lowest BCUT2D eigenvalue weighted by molar-refractivity contribution is -0.125. The smallest absolute Gasteiger partial charge is 0.252 e. The quantitative estimate of drug-likeness (QED) is 0.767. The van der Waals surface area contributed by atoms with Crippen LogP contribution in [-0.4, -0.2) is 43.8 Å².